The molecule has 2 amide bonds. The number of carbonyl (C=O) groups excluding carboxylic acids is 3. The number of amides is 2. The third-order valence-corrected chi connectivity index (χ3v) is 5.22. The van der Waals surface area contributed by atoms with Crippen LogP contribution < -0.4 is 10.2 Å². The molecule has 0 spiro atoms. The molecule has 158 valence electrons. The van der Waals surface area contributed by atoms with Crippen molar-refractivity contribution in [3.05, 3.63) is 65.7 Å². The topological polar surface area (TPSA) is 75.7 Å². The summed E-state index contributed by atoms with van der Waals surface area (Å²) < 4.78 is 5.20. The lowest BCUT2D eigenvalue weighted by molar-refractivity contribution is -0.147. The number of ether oxygens (including phenoxy) is 1. The van der Waals surface area contributed by atoms with Crippen LogP contribution >= 0.6 is 0 Å². The Morgan fingerprint density at radius 2 is 1.73 bits per heavy atom. The first-order valence-corrected chi connectivity index (χ1v) is 10.4. The number of rotatable bonds is 9. The van der Waals surface area contributed by atoms with Gasteiger partial charge < -0.3 is 15.0 Å². The molecular formula is C24H28N2O4. The number of esters is 1. The van der Waals surface area contributed by atoms with Gasteiger partial charge in [-0.1, -0.05) is 42.5 Å². The first kappa shape index (κ1) is 21.6. The molecule has 1 atom stereocenters. The van der Waals surface area contributed by atoms with Crippen LogP contribution in [-0.4, -0.2) is 38.0 Å². The predicted octanol–water partition coefficient (Wildman–Crippen LogP) is 3.21. The van der Waals surface area contributed by atoms with E-state index in [-0.39, 0.29) is 36.9 Å². The van der Waals surface area contributed by atoms with E-state index in [1.54, 1.807) is 43.1 Å². The summed E-state index contributed by atoms with van der Waals surface area (Å²) in [7, 11) is 1.70. The zero-order chi connectivity index (χ0) is 21.5. The van der Waals surface area contributed by atoms with Crippen molar-refractivity contribution >= 4 is 23.5 Å². The molecule has 30 heavy (non-hydrogen) atoms. The van der Waals surface area contributed by atoms with Gasteiger partial charge in [-0.25, -0.2) is 0 Å². The van der Waals surface area contributed by atoms with Gasteiger partial charge in [0, 0.05) is 19.5 Å². The second-order valence-corrected chi connectivity index (χ2v) is 7.54. The number of nitrogens with one attached hydrogen (secondary N) is 1. The monoisotopic (exact) mass is 408 g/mol. The Balaban J connectivity index is 1.70. The summed E-state index contributed by atoms with van der Waals surface area (Å²) >= 11 is 0. The van der Waals surface area contributed by atoms with Crippen molar-refractivity contribution in [3.8, 4) is 0 Å². The molecule has 6 heteroatoms. The zero-order valence-electron chi connectivity index (χ0n) is 17.5. The maximum absolute atomic E-state index is 12.9. The second-order valence-electron chi connectivity index (χ2n) is 7.54. The van der Waals surface area contributed by atoms with E-state index in [9.17, 15) is 14.4 Å². The standard InChI is InChI=1S/C24H28N2O4/c1-3-30-24(29)19(15-17-9-5-4-6-10-17)16-25-22(27)20-11-7-8-12-21(20)26(2)23(28)18-13-14-18/h4-12,18-19H,3,13-16H2,1-2H3,(H,25,27). The van der Waals surface area contributed by atoms with Crippen LogP contribution in [0.3, 0.4) is 0 Å². The summed E-state index contributed by atoms with van der Waals surface area (Å²) in [6.45, 7) is 2.20. The second kappa shape index (κ2) is 10.1. The molecule has 6 nitrogen and oxygen atoms in total. The van der Waals surface area contributed by atoms with Gasteiger partial charge in [0.1, 0.15) is 0 Å². The van der Waals surface area contributed by atoms with Crippen LogP contribution in [0.5, 0.6) is 0 Å². The maximum atomic E-state index is 12.9. The summed E-state index contributed by atoms with van der Waals surface area (Å²) in [5.74, 6) is -1.05. The van der Waals surface area contributed by atoms with E-state index in [4.69, 9.17) is 4.74 Å². The quantitative estimate of drug-likeness (QED) is 0.647. The molecule has 1 N–H and O–H groups in total. The molecule has 0 heterocycles. The van der Waals surface area contributed by atoms with Crippen LogP contribution in [0.4, 0.5) is 5.69 Å². The van der Waals surface area contributed by atoms with Crippen molar-refractivity contribution in [1.82, 2.24) is 5.32 Å². The minimum atomic E-state index is -0.491. The first-order chi connectivity index (χ1) is 14.5. The van der Waals surface area contributed by atoms with Crippen LogP contribution in [0.25, 0.3) is 0 Å². The molecule has 2 aromatic carbocycles. The molecule has 3 rings (SSSR count). The highest BCUT2D eigenvalue weighted by molar-refractivity contribution is 6.05. The number of hydrogen-bond acceptors (Lipinski definition) is 4. The van der Waals surface area contributed by atoms with Crippen LogP contribution in [0.15, 0.2) is 54.6 Å². The average molecular weight is 408 g/mol. The largest absolute Gasteiger partial charge is 0.466 e. The molecule has 1 unspecified atom stereocenters. The fraction of sp³-hybridized carbons (Fsp3) is 0.375. The predicted molar refractivity (Wildman–Crippen MR) is 115 cm³/mol. The Labute approximate surface area is 177 Å². The van der Waals surface area contributed by atoms with Crippen LogP contribution in [0.2, 0.25) is 0 Å². The highest BCUT2D eigenvalue weighted by Gasteiger charge is 2.33. The normalized spacial score (nSPS) is 13.9. The van der Waals surface area contributed by atoms with Crippen molar-refractivity contribution in [2.24, 2.45) is 11.8 Å². The highest BCUT2D eigenvalue weighted by atomic mass is 16.5. The SMILES string of the molecule is CCOC(=O)C(CNC(=O)c1ccccc1N(C)C(=O)C1CC1)Cc1ccccc1. The molecule has 2 aromatic rings. The van der Waals surface area contributed by atoms with E-state index < -0.39 is 5.92 Å². The van der Waals surface area contributed by atoms with E-state index in [2.05, 4.69) is 5.32 Å². The molecule has 1 saturated carbocycles. The lowest BCUT2D eigenvalue weighted by Crippen LogP contribution is -2.36. The van der Waals surface area contributed by atoms with Crippen molar-refractivity contribution in [3.63, 3.8) is 0 Å². The molecule has 1 fully saturated rings. The smallest absolute Gasteiger partial charge is 0.311 e. The van der Waals surface area contributed by atoms with Crippen molar-refractivity contribution in [2.45, 2.75) is 26.2 Å². The molecule has 0 radical (unpaired) electrons. The lowest BCUT2D eigenvalue weighted by Gasteiger charge is -2.21. The fourth-order valence-electron chi connectivity index (χ4n) is 3.39. The highest BCUT2D eigenvalue weighted by Crippen LogP contribution is 2.33. The summed E-state index contributed by atoms with van der Waals surface area (Å²) in [6.07, 6.45) is 2.28. The van der Waals surface area contributed by atoms with Gasteiger partial charge in [-0.05, 0) is 43.9 Å². The Morgan fingerprint density at radius 3 is 2.40 bits per heavy atom. The van der Waals surface area contributed by atoms with Crippen LogP contribution in [0.1, 0.15) is 35.7 Å². The van der Waals surface area contributed by atoms with E-state index in [0.717, 1.165) is 18.4 Å². The summed E-state index contributed by atoms with van der Waals surface area (Å²) in [5, 5.41) is 2.86. The van der Waals surface area contributed by atoms with E-state index in [1.807, 2.05) is 30.3 Å². The van der Waals surface area contributed by atoms with Crippen molar-refractivity contribution in [2.75, 3.05) is 25.1 Å². The summed E-state index contributed by atoms with van der Waals surface area (Å²) in [4.78, 5) is 39.3. The molecular weight excluding hydrogens is 380 g/mol. The molecule has 0 bridgehead atoms. The number of carbonyl (C=O) groups is 3. The van der Waals surface area contributed by atoms with Gasteiger partial charge in [-0.2, -0.15) is 0 Å². The minimum absolute atomic E-state index is 0.0312. The number of benzene rings is 2. The number of nitrogens with zero attached hydrogens (tertiary/aromatic N) is 1. The minimum Gasteiger partial charge on any atom is -0.466 e. The maximum Gasteiger partial charge on any atom is 0.311 e. The number of para-hydroxylation sites is 1. The van der Waals surface area contributed by atoms with Gasteiger partial charge in [0.05, 0.1) is 23.8 Å². The Hall–Kier alpha value is -3.15. The first-order valence-electron chi connectivity index (χ1n) is 10.4. The number of hydrogen-bond donors (Lipinski definition) is 1. The Kier molecular flexibility index (Phi) is 7.22. The van der Waals surface area contributed by atoms with E-state index >= 15 is 0 Å². The Bertz CT molecular complexity index is 893. The van der Waals surface area contributed by atoms with Gasteiger partial charge in [0.2, 0.25) is 5.91 Å². The van der Waals surface area contributed by atoms with E-state index in [0.29, 0.717) is 17.7 Å². The molecule has 1 aliphatic rings. The molecule has 1 aliphatic carbocycles. The van der Waals surface area contributed by atoms with Crippen LogP contribution in [-0.2, 0) is 20.7 Å². The summed E-state index contributed by atoms with van der Waals surface area (Å²) in [5.41, 5.74) is 1.99. The zero-order valence-corrected chi connectivity index (χ0v) is 17.5. The molecule has 0 aliphatic heterocycles. The third-order valence-electron chi connectivity index (χ3n) is 5.22. The molecule has 0 saturated heterocycles. The van der Waals surface area contributed by atoms with Gasteiger partial charge >= 0.3 is 5.97 Å². The fourth-order valence-corrected chi connectivity index (χ4v) is 3.39. The molecule has 0 aromatic heterocycles. The van der Waals surface area contributed by atoms with E-state index in [1.165, 1.54) is 0 Å². The van der Waals surface area contributed by atoms with Crippen molar-refractivity contribution in [1.29, 1.82) is 0 Å². The van der Waals surface area contributed by atoms with Gasteiger partial charge in [-0.3, -0.25) is 14.4 Å². The van der Waals surface area contributed by atoms with Gasteiger partial charge in [0.15, 0.2) is 0 Å². The van der Waals surface area contributed by atoms with Crippen LogP contribution in [0, 0.1) is 11.8 Å². The number of anilines is 1. The summed E-state index contributed by atoms with van der Waals surface area (Å²) in [6, 6.07) is 16.7. The Morgan fingerprint density at radius 1 is 1.07 bits per heavy atom. The average Bonchev–Trinajstić information content (AvgIpc) is 3.61. The van der Waals surface area contributed by atoms with Crippen molar-refractivity contribution < 1.29 is 19.1 Å². The van der Waals surface area contributed by atoms with Gasteiger partial charge in [0.25, 0.3) is 5.91 Å². The van der Waals surface area contributed by atoms with Gasteiger partial charge in [-0.15, -0.1) is 0 Å². The lowest BCUT2D eigenvalue weighted by atomic mass is 9.99. The third kappa shape index (κ3) is 5.47.